The molecule has 8 heteroatoms. The topological polar surface area (TPSA) is 90.9 Å². The Hall–Kier alpha value is -2.28. The third-order valence-corrected chi connectivity index (χ3v) is 2.88. The van der Waals surface area contributed by atoms with Crippen LogP contribution in [0.15, 0.2) is 23.1 Å². The van der Waals surface area contributed by atoms with Gasteiger partial charge in [0.25, 0.3) is 11.2 Å². The van der Waals surface area contributed by atoms with E-state index in [4.69, 9.17) is 11.6 Å². The van der Waals surface area contributed by atoms with E-state index in [1.807, 2.05) is 0 Å². The Kier molecular flexibility index (Phi) is 3.80. The number of nitro groups is 1. The summed E-state index contributed by atoms with van der Waals surface area (Å²) >= 11 is 5.82. The number of rotatable bonds is 3. The van der Waals surface area contributed by atoms with Crippen molar-refractivity contribution in [2.24, 2.45) is 0 Å². The number of aryl methyl sites for hydroxylation is 2. The molecule has 0 unspecified atom stereocenters. The molecule has 0 aliphatic heterocycles. The normalized spacial score (nSPS) is 10.6. The predicted molar refractivity (Wildman–Crippen MR) is 73.0 cm³/mol. The Morgan fingerprint density at radius 2 is 2.05 bits per heavy atom. The van der Waals surface area contributed by atoms with Gasteiger partial charge in [-0.25, -0.2) is 9.97 Å². The molecule has 0 saturated heterocycles. The molecule has 2 rings (SSSR count). The summed E-state index contributed by atoms with van der Waals surface area (Å²) in [6.45, 7) is 3.29. The van der Waals surface area contributed by atoms with Crippen molar-refractivity contribution < 1.29 is 4.92 Å². The lowest BCUT2D eigenvalue weighted by molar-refractivity contribution is -0.385. The van der Waals surface area contributed by atoms with E-state index in [1.54, 1.807) is 13.0 Å². The average molecular weight is 295 g/mol. The largest absolute Gasteiger partial charge is 0.301 e. The molecule has 0 bridgehead atoms. The van der Waals surface area contributed by atoms with Crippen molar-refractivity contribution >= 4 is 17.3 Å². The molecule has 20 heavy (non-hydrogen) atoms. The summed E-state index contributed by atoms with van der Waals surface area (Å²) in [6.07, 6.45) is 1.19. The highest BCUT2D eigenvalue weighted by molar-refractivity contribution is 6.29. The van der Waals surface area contributed by atoms with Crippen LogP contribution in [0.25, 0.3) is 0 Å². The van der Waals surface area contributed by atoms with Crippen LogP contribution in [-0.4, -0.2) is 19.5 Å². The van der Waals surface area contributed by atoms with E-state index in [2.05, 4.69) is 9.97 Å². The number of halogens is 1. The summed E-state index contributed by atoms with van der Waals surface area (Å²) < 4.78 is 1.19. The second-order valence-corrected chi connectivity index (χ2v) is 4.70. The summed E-state index contributed by atoms with van der Waals surface area (Å²) in [6, 6.07) is 2.81. The standard InChI is InChI=1S/C12H11ClN4O3/c1-7-3-12(18)16(5-9(7)17(19)20)6-11-14-8(2)4-10(13)15-11/h3-5H,6H2,1-2H3. The summed E-state index contributed by atoms with van der Waals surface area (Å²) in [5, 5.41) is 11.1. The monoisotopic (exact) mass is 294 g/mol. The Morgan fingerprint density at radius 3 is 2.65 bits per heavy atom. The van der Waals surface area contributed by atoms with E-state index in [9.17, 15) is 14.9 Å². The van der Waals surface area contributed by atoms with E-state index in [0.717, 1.165) is 0 Å². The van der Waals surface area contributed by atoms with E-state index < -0.39 is 4.92 Å². The lowest BCUT2D eigenvalue weighted by Gasteiger charge is -2.06. The van der Waals surface area contributed by atoms with Gasteiger partial charge < -0.3 is 4.57 Å². The number of hydrogen-bond acceptors (Lipinski definition) is 5. The highest BCUT2D eigenvalue weighted by atomic mass is 35.5. The maximum Gasteiger partial charge on any atom is 0.288 e. The van der Waals surface area contributed by atoms with Crippen LogP contribution < -0.4 is 5.56 Å². The molecule has 0 aliphatic carbocycles. The van der Waals surface area contributed by atoms with E-state index in [-0.39, 0.29) is 22.9 Å². The fourth-order valence-electron chi connectivity index (χ4n) is 1.78. The van der Waals surface area contributed by atoms with Crippen molar-refractivity contribution in [2.75, 3.05) is 0 Å². The fourth-order valence-corrected chi connectivity index (χ4v) is 2.04. The molecule has 0 spiro atoms. The van der Waals surface area contributed by atoms with Crippen molar-refractivity contribution in [3.63, 3.8) is 0 Å². The first-order valence-electron chi connectivity index (χ1n) is 5.72. The first-order valence-corrected chi connectivity index (χ1v) is 6.10. The van der Waals surface area contributed by atoms with Crippen LogP contribution >= 0.6 is 11.6 Å². The smallest absolute Gasteiger partial charge is 0.288 e. The molecular weight excluding hydrogens is 284 g/mol. The van der Waals surface area contributed by atoms with Gasteiger partial charge in [-0.15, -0.1) is 0 Å². The summed E-state index contributed by atoms with van der Waals surface area (Å²) in [7, 11) is 0. The Bertz CT molecular complexity index is 722. The van der Waals surface area contributed by atoms with Crippen LogP contribution in [-0.2, 0) is 6.54 Å². The minimum Gasteiger partial charge on any atom is -0.301 e. The second-order valence-electron chi connectivity index (χ2n) is 4.31. The summed E-state index contributed by atoms with van der Waals surface area (Å²) in [5.41, 5.74) is 0.506. The second kappa shape index (κ2) is 5.38. The van der Waals surface area contributed by atoms with Crippen molar-refractivity contribution in [3.05, 3.63) is 61.0 Å². The van der Waals surface area contributed by atoms with Gasteiger partial charge in [0.2, 0.25) is 0 Å². The molecule has 0 atom stereocenters. The van der Waals surface area contributed by atoms with Crippen molar-refractivity contribution in [3.8, 4) is 0 Å². The highest BCUT2D eigenvalue weighted by Gasteiger charge is 2.14. The number of nitrogens with zero attached hydrogens (tertiary/aromatic N) is 4. The molecule has 0 amide bonds. The van der Waals surface area contributed by atoms with E-state index in [0.29, 0.717) is 17.1 Å². The Labute approximate surface area is 119 Å². The van der Waals surface area contributed by atoms with Gasteiger partial charge in [0, 0.05) is 17.3 Å². The number of hydrogen-bond donors (Lipinski definition) is 0. The number of pyridine rings is 1. The zero-order valence-corrected chi connectivity index (χ0v) is 11.6. The Morgan fingerprint density at radius 1 is 1.35 bits per heavy atom. The quantitative estimate of drug-likeness (QED) is 0.489. The van der Waals surface area contributed by atoms with Crippen LogP contribution in [0.4, 0.5) is 5.69 Å². The van der Waals surface area contributed by atoms with E-state index in [1.165, 1.54) is 23.8 Å². The maximum atomic E-state index is 11.8. The molecule has 0 saturated carbocycles. The van der Waals surface area contributed by atoms with Crippen molar-refractivity contribution in [1.82, 2.24) is 14.5 Å². The predicted octanol–water partition coefficient (Wildman–Crippen LogP) is 1.87. The third-order valence-electron chi connectivity index (χ3n) is 2.68. The van der Waals surface area contributed by atoms with Gasteiger partial charge in [-0.2, -0.15) is 0 Å². The van der Waals surface area contributed by atoms with Crippen molar-refractivity contribution in [1.29, 1.82) is 0 Å². The zero-order chi connectivity index (χ0) is 14.9. The molecule has 0 aromatic carbocycles. The van der Waals surface area contributed by atoms with Gasteiger partial charge in [0.1, 0.15) is 11.0 Å². The van der Waals surface area contributed by atoms with Crippen LogP contribution in [0.2, 0.25) is 5.15 Å². The molecular formula is C12H11ClN4O3. The summed E-state index contributed by atoms with van der Waals surface area (Å²) in [5.74, 6) is 0.329. The lowest BCUT2D eigenvalue weighted by Crippen LogP contribution is -2.21. The molecule has 2 aromatic heterocycles. The third kappa shape index (κ3) is 3.00. The minimum atomic E-state index is -0.532. The molecule has 104 valence electrons. The van der Waals surface area contributed by atoms with Gasteiger partial charge in [-0.05, 0) is 19.9 Å². The zero-order valence-electron chi connectivity index (χ0n) is 10.8. The van der Waals surface area contributed by atoms with E-state index >= 15 is 0 Å². The fraction of sp³-hybridized carbons (Fsp3) is 0.250. The first-order chi connectivity index (χ1) is 9.36. The van der Waals surface area contributed by atoms with Gasteiger partial charge in [-0.1, -0.05) is 11.6 Å². The SMILES string of the molecule is Cc1cc(Cl)nc(Cn2cc([N+](=O)[O-])c(C)cc2=O)n1. The molecule has 0 fully saturated rings. The molecule has 2 heterocycles. The van der Waals surface area contributed by atoms with Gasteiger partial charge in [0.15, 0.2) is 0 Å². The molecule has 0 aliphatic rings. The van der Waals surface area contributed by atoms with Crippen LogP contribution in [0.5, 0.6) is 0 Å². The van der Waals surface area contributed by atoms with Crippen molar-refractivity contribution in [2.45, 2.75) is 20.4 Å². The van der Waals surface area contributed by atoms with Crippen LogP contribution in [0.3, 0.4) is 0 Å². The average Bonchev–Trinajstić information content (AvgIpc) is 2.30. The highest BCUT2D eigenvalue weighted by Crippen LogP contribution is 2.14. The van der Waals surface area contributed by atoms with Gasteiger partial charge in [-0.3, -0.25) is 14.9 Å². The van der Waals surface area contributed by atoms with Gasteiger partial charge >= 0.3 is 0 Å². The molecule has 2 aromatic rings. The molecule has 0 radical (unpaired) electrons. The first kappa shape index (κ1) is 14.1. The lowest BCUT2D eigenvalue weighted by atomic mass is 10.2. The van der Waals surface area contributed by atoms with Crippen LogP contribution in [0, 0.1) is 24.0 Å². The molecule has 7 nitrogen and oxygen atoms in total. The minimum absolute atomic E-state index is 0.0291. The van der Waals surface area contributed by atoms with Crippen LogP contribution in [0.1, 0.15) is 17.1 Å². The van der Waals surface area contributed by atoms with Gasteiger partial charge in [0.05, 0.1) is 17.7 Å². The maximum absolute atomic E-state index is 11.8. The summed E-state index contributed by atoms with van der Waals surface area (Å²) in [4.78, 5) is 30.3. The Balaban J connectivity index is 2.45. The molecule has 0 N–H and O–H groups in total. The number of aromatic nitrogens is 3.